The number of aromatic nitrogens is 1. The highest BCUT2D eigenvalue weighted by Crippen LogP contribution is 2.37. The van der Waals surface area contributed by atoms with Crippen LogP contribution in [0.3, 0.4) is 0 Å². The Bertz CT molecular complexity index is 481. The molecule has 2 saturated heterocycles. The molecule has 2 aliphatic heterocycles. The Morgan fingerprint density at radius 3 is 2.36 bits per heavy atom. The van der Waals surface area contributed by atoms with Crippen molar-refractivity contribution in [2.45, 2.75) is 44.1 Å². The molecule has 0 atom stereocenters. The lowest BCUT2D eigenvalue weighted by molar-refractivity contribution is -0.134. The highest BCUT2D eigenvalue weighted by molar-refractivity contribution is 7.15. The molecule has 0 amide bonds. The maximum atomic E-state index is 12.6. The summed E-state index contributed by atoms with van der Waals surface area (Å²) in [5.74, 6) is 0. The molecule has 3 heterocycles. The highest BCUT2D eigenvalue weighted by atomic mass is 32.1. The predicted octanol–water partition coefficient (Wildman–Crippen LogP) is 3.33. The van der Waals surface area contributed by atoms with Gasteiger partial charge in [-0.3, -0.25) is 0 Å². The van der Waals surface area contributed by atoms with Crippen molar-refractivity contribution in [2.75, 3.05) is 31.2 Å². The lowest BCUT2D eigenvalue weighted by atomic mass is 10.1. The molecule has 4 nitrogen and oxygen atoms in total. The Morgan fingerprint density at radius 1 is 1.14 bits per heavy atom. The molecule has 3 rings (SSSR count). The van der Waals surface area contributed by atoms with Crippen molar-refractivity contribution in [3.8, 4) is 0 Å². The number of thiazole rings is 1. The second-order valence-corrected chi connectivity index (χ2v) is 6.65. The molecule has 0 aromatic carbocycles. The van der Waals surface area contributed by atoms with Gasteiger partial charge in [0.1, 0.15) is 4.88 Å². The number of halogens is 3. The molecule has 1 aromatic rings. The van der Waals surface area contributed by atoms with Gasteiger partial charge < -0.3 is 14.4 Å². The van der Waals surface area contributed by atoms with Gasteiger partial charge in [-0.25, -0.2) is 4.98 Å². The van der Waals surface area contributed by atoms with Gasteiger partial charge in [0.15, 0.2) is 5.13 Å². The third kappa shape index (κ3) is 3.91. The summed E-state index contributed by atoms with van der Waals surface area (Å²) in [7, 11) is 0. The minimum absolute atomic E-state index is 0.196. The first-order chi connectivity index (χ1) is 10.5. The molecule has 0 aliphatic carbocycles. The van der Waals surface area contributed by atoms with E-state index in [1.54, 1.807) is 0 Å². The Kier molecular flexibility index (Phi) is 4.89. The van der Waals surface area contributed by atoms with E-state index in [1.807, 2.05) is 4.90 Å². The van der Waals surface area contributed by atoms with Crippen molar-refractivity contribution in [1.82, 2.24) is 4.98 Å². The summed E-state index contributed by atoms with van der Waals surface area (Å²) in [5, 5.41) is 0.455. The van der Waals surface area contributed by atoms with Crippen LogP contribution in [0.25, 0.3) is 0 Å². The van der Waals surface area contributed by atoms with Crippen molar-refractivity contribution >= 4 is 16.5 Å². The first-order valence-electron chi connectivity index (χ1n) is 7.53. The van der Waals surface area contributed by atoms with Gasteiger partial charge in [0.2, 0.25) is 0 Å². The maximum absolute atomic E-state index is 12.6. The average Bonchev–Trinajstić information content (AvgIpc) is 2.99. The first kappa shape index (κ1) is 16.0. The lowest BCUT2D eigenvalue weighted by Crippen LogP contribution is -2.39. The summed E-state index contributed by atoms with van der Waals surface area (Å²) < 4.78 is 49.2. The van der Waals surface area contributed by atoms with Crippen LogP contribution in [0.5, 0.6) is 0 Å². The number of piperidine rings is 1. The summed E-state index contributed by atoms with van der Waals surface area (Å²) in [6, 6.07) is 0. The van der Waals surface area contributed by atoms with Crippen LogP contribution in [-0.4, -0.2) is 43.5 Å². The van der Waals surface area contributed by atoms with Crippen molar-refractivity contribution in [1.29, 1.82) is 0 Å². The highest BCUT2D eigenvalue weighted by Gasteiger charge is 2.34. The molecular formula is C14H19F3N2O2S. The second-order valence-electron chi connectivity index (χ2n) is 5.64. The van der Waals surface area contributed by atoms with Crippen LogP contribution in [-0.2, 0) is 15.7 Å². The average molecular weight is 336 g/mol. The maximum Gasteiger partial charge on any atom is 0.427 e. The lowest BCUT2D eigenvalue weighted by Gasteiger charge is -2.34. The van der Waals surface area contributed by atoms with E-state index in [0.717, 1.165) is 45.1 Å². The van der Waals surface area contributed by atoms with Crippen LogP contribution in [0.2, 0.25) is 0 Å². The normalized spacial score (nSPS) is 22.2. The summed E-state index contributed by atoms with van der Waals surface area (Å²) >= 11 is 0.716. The molecule has 0 N–H and O–H groups in total. The van der Waals surface area contributed by atoms with Gasteiger partial charge in [-0.15, -0.1) is 0 Å². The van der Waals surface area contributed by atoms with Crippen LogP contribution in [0, 0.1) is 0 Å². The number of ether oxygens (including phenoxy) is 2. The molecule has 0 radical (unpaired) electrons. The van der Waals surface area contributed by atoms with E-state index in [4.69, 9.17) is 9.47 Å². The van der Waals surface area contributed by atoms with Crippen LogP contribution in [0.15, 0.2) is 6.20 Å². The van der Waals surface area contributed by atoms with E-state index >= 15 is 0 Å². The number of hydrogen-bond acceptors (Lipinski definition) is 5. The summed E-state index contributed by atoms with van der Waals surface area (Å²) in [6.07, 6.45) is 0.605. The predicted molar refractivity (Wildman–Crippen MR) is 77.3 cm³/mol. The monoisotopic (exact) mass is 336 g/mol. The zero-order valence-corrected chi connectivity index (χ0v) is 13.0. The van der Waals surface area contributed by atoms with Gasteiger partial charge in [-0.2, -0.15) is 13.2 Å². The van der Waals surface area contributed by atoms with Crippen LogP contribution >= 0.6 is 11.3 Å². The van der Waals surface area contributed by atoms with Gasteiger partial charge in [0, 0.05) is 26.3 Å². The van der Waals surface area contributed by atoms with Crippen molar-refractivity contribution in [2.24, 2.45) is 0 Å². The van der Waals surface area contributed by atoms with Crippen LogP contribution < -0.4 is 4.90 Å². The number of rotatable bonds is 3. The SMILES string of the molecule is FC(F)(F)c1cnc(N2CCC(OC3CCOCC3)CC2)s1. The smallest absolute Gasteiger partial charge is 0.381 e. The van der Waals surface area contributed by atoms with Gasteiger partial charge >= 0.3 is 6.18 Å². The molecule has 0 unspecified atom stereocenters. The summed E-state index contributed by atoms with van der Waals surface area (Å²) in [4.78, 5) is 5.20. The van der Waals surface area contributed by atoms with Crippen molar-refractivity contribution < 1.29 is 22.6 Å². The quantitative estimate of drug-likeness (QED) is 0.848. The molecule has 124 valence electrons. The van der Waals surface area contributed by atoms with Crippen LogP contribution in [0.4, 0.5) is 18.3 Å². The van der Waals surface area contributed by atoms with Gasteiger partial charge in [-0.1, -0.05) is 11.3 Å². The molecule has 2 aliphatic rings. The zero-order chi connectivity index (χ0) is 15.6. The molecular weight excluding hydrogens is 317 g/mol. The fourth-order valence-electron chi connectivity index (χ4n) is 2.81. The summed E-state index contributed by atoms with van der Waals surface area (Å²) in [6.45, 7) is 2.89. The Hall–Kier alpha value is -0.860. The van der Waals surface area contributed by atoms with Gasteiger partial charge in [-0.05, 0) is 25.7 Å². The molecule has 2 fully saturated rings. The third-order valence-corrected chi connectivity index (χ3v) is 5.14. The third-order valence-electron chi connectivity index (χ3n) is 4.04. The molecule has 22 heavy (non-hydrogen) atoms. The largest absolute Gasteiger partial charge is 0.427 e. The number of anilines is 1. The topological polar surface area (TPSA) is 34.6 Å². The minimum atomic E-state index is -4.31. The molecule has 8 heteroatoms. The Morgan fingerprint density at radius 2 is 1.77 bits per heavy atom. The van der Waals surface area contributed by atoms with E-state index in [-0.39, 0.29) is 12.2 Å². The first-order valence-corrected chi connectivity index (χ1v) is 8.35. The number of alkyl halides is 3. The van der Waals surface area contributed by atoms with E-state index in [1.165, 1.54) is 0 Å². The Balaban J connectivity index is 1.50. The van der Waals surface area contributed by atoms with Gasteiger partial charge in [0.05, 0.1) is 18.4 Å². The number of nitrogens with zero attached hydrogens (tertiary/aromatic N) is 2. The van der Waals surface area contributed by atoms with Crippen molar-refractivity contribution in [3.05, 3.63) is 11.1 Å². The second kappa shape index (κ2) is 6.72. The van der Waals surface area contributed by atoms with Crippen LogP contribution in [0.1, 0.15) is 30.6 Å². The van der Waals surface area contributed by atoms with E-state index < -0.39 is 11.1 Å². The summed E-state index contributed by atoms with van der Waals surface area (Å²) in [5.41, 5.74) is 0. The number of hydrogen-bond donors (Lipinski definition) is 0. The van der Waals surface area contributed by atoms with Crippen molar-refractivity contribution in [3.63, 3.8) is 0 Å². The van der Waals surface area contributed by atoms with Gasteiger partial charge in [0.25, 0.3) is 0 Å². The van der Waals surface area contributed by atoms with E-state index in [9.17, 15) is 13.2 Å². The molecule has 0 spiro atoms. The van der Waals surface area contributed by atoms with E-state index in [0.29, 0.717) is 29.6 Å². The fourth-order valence-corrected chi connectivity index (χ4v) is 3.64. The minimum Gasteiger partial charge on any atom is -0.381 e. The zero-order valence-electron chi connectivity index (χ0n) is 12.1. The van der Waals surface area contributed by atoms with E-state index in [2.05, 4.69) is 4.98 Å². The molecule has 0 saturated carbocycles. The molecule has 0 bridgehead atoms. The fraction of sp³-hybridized carbons (Fsp3) is 0.786. The Labute approximate surface area is 131 Å². The standard InChI is InChI=1S/C14H19F3N2O2S/c15-14(16,17)12-9-18-13(22-12)19-5-1-10(2-6-19)21-11-3-7-20-8-4-11/h9-11H,1-8H2. The molecule has 1 aromatic heterocycles.